The van der Waals surface area contributed by atoms with Crippen LogP contribution >= 0.6 is 0 Å². The predicted octanol–water partition coefficient (Wildman–Crippen LogP) is 4.58. The number of pyridine rings is 2. The van der Waals surface area contributed by atoms with Crippen molar-refractivity contribution in [3.63, 3.8) is 0 Å². The second kappa shape index (κ2) is 8.82. The molecule has 0 unspecified atom stereocenters. The lowest BCUT2D eigenvalue weighted by Gasteiger charge is -2.18. The number of nitrogens with one attached hydrogen (secondary N) is 1. The molecule has 0 radical (unpaired) electrons. The number of anilines is 2. The first-order valence-electron chi connectivity index (χ1n) is 11.6. The van der Waals surface area contributed by atoms with Crippen LogP contribution in [0.25, 0.3) is 32.9 Å². The molecule has 0 aliphatic rings. The summed E-state index contributed by atoms with van der Waals surface area (Å²) in [5.74, 6) is 0.279. The van der Waals surface area contributed by atoms with Crippen LogP contribution in [0, 0.1) is 6.92 Å². The molecule has 37 heavy (non-hydrogen) atoms. The Balaban J connectivity index is 1.56. The highest BCUT2D eigenvalue weighted by molar-refractivity contribution is 7.90. The van der Waals surface area contributed by atoms with E-state index in [0.29, 0.717) is 18.1 Å². The van der Waals surface area contributed by atoms with Crippen molar-refractivity contribution in [2.75, 3.05) is 11.6 Å². The van der Waals surface area contributed by atoms with Crippen LogP contribution in [0.1, 0.15) is 19.4 Å². The van der Waals surface area contributed by atoms with E-state index >= 15 is 0 Å². The first-order chi connectivity index (χ1) is 17.4. The number of aliphatic hydroxyl groups is 1. The summed E-state index contributed by atoms with van der Waals surface area (Å²) < 4.78 is 25.4. The van der Waals surface area contributed by atoms with E-state index in [9.17, 15) is 18.6 Å². The first kappa shape index (κ1) is 24.7. The van der Waals surface area contributed by atoms with Crippen molar-refractivity contribution in [1.82, 2.24) is 19.7 Å². The van der Waals surface area contributed by atoms with Gasteiger partial charge in [0.15, 0.2) is 9.84 Å². The highest BCUT2D eigenvalue weighted by atomic mass is 32.2. The lowest BCUT2D eigenvalue weighted by Crippen LogP contribution is -2.26. The van der Waals surface area contributed by atoms with E-state index in [2.05, 4.69) is 20.4 Å². The van der Waals surface area contributed by atoms with Crippen molar-refractivity contribution >= 4 is 43.0 Å². The minimum absolute atomic E-state index is 0.0326. The van der Waals surface area contributed by atoms with E-state index < -0.39 is 15.4 Å². The summed E-state index contributed by atoms with van der Waals surface area (Å²) in [6, 6.07) is 11.9. The maximum atomic E-state index is 11.8. The van der Waals surface area contributed by atoms with Crippen LogP contribution in [0.2, 0.25) is 0 Å². The third-order valence-corrected chi connectivity index (χ3v) is 7.31. The number of phenolic OH excluding ortho intramolecular Hbond substituents is 1. The van der Waals surface area contributed by atoms with Gasteiger partial charge in [0, 0.05) is 46.4 Å². The number of sulfone groups is 1. The highest BCUT2D eigenvalue weighted by Crippen LogP contribution is 2.35. The molecule has 0 saturated carbocycles. The second-order valence-electron chi connectivity index (χ2n) is 9.81. The molecule has 0 fully saturated rings. The fourth-order valence-electron chi connectivity index (χ4n) is 4.38. The molecule has 0 aliphatic heterocycles. The smallest absolute Gasteiger partial charge is 0.175 e. The number of hydrogen-bond donors (Lipinski definition) is 3. The highest BCUT2D eigenvalue weighted by Gasteiger charge is 2.18. The van der Waals surface area contributed by atoms with E-state index in [1.54, 1.807) is 30.9 Å². The molecule has 5 aromatic rings. The van der Waals surface area contributed by atoms with Crippen LogP contribution in [0.3, 0.4) is 0 Å². The van der Waals surface area contributed by atoms with Gasteiger partial charge in [0.2, 0.25) is 0 Å². The number of phenols is 1. The number of rotatable bonds is 6. The topological polar surface area (TPSA) is 130 Å². The lowest BCUT2D eigenvalue weighted by atomic mass is 9.98. The van der Waals surface area contributed by atoms with Gasteiger partial charge in [-0.25, -0.2) is 13.4 Å². The van der Waals surface area contributed by atoms with Crippen LogP contribution < -0.4 is 5.32 Å². The summed E-state index contributed by atoms with van der Waals surface area (Å²) >= 11 is 0. The number of aromatic hydroxyl groups is 1. The molecule has 9 nitrogen and oxygen atoms in total. The third kappa shape index (κ3) is 4.85. The molecule has 2 aromatic carbocycles. The Hall–Kier alpha value is -4.02. The summed E-state index contributed by atoms with van der Waals surface area (Å²) in [5.41, 5.74) is 3.10. The Bertz CT molecular complexity index is 1770. The van der Waals surface area contributed by atoms with Gasteiger partial charge in [-0.2, -0.15) is 5.10 Å². The molecule has 0 spiro atoms. The zero-order valence-electron chi connectivity index (χ0n) is 20.9. The van der Waals surface area contributed by atoms with Gasteiger partial charge in [0.25, 0.3) is 0 Å². The predicted molar refractivity (Wildman–Crippen MR) is 144 cm³/mol. The Labute approximate surface area is 214 Å². The van der Waals surface area contributed by atoms with Crippen LogP contribution in [-0.4, -0.2) is 50.2 Å². The van der Waals surface area contributed by atoms with Crippen molar-refractivity contribution in [3.05, 3.63) is 66.6 Å². The summed E-state index contributed by atoms with van der Waals surface area (Å²) in [6.45, 7) is 5.90. The summed E-state index contributed by atoms with van der Waals surface area (Å²) in [4.78, 5) is 9.16. The summed E-state index contributed by atoms with van der Waals surface area (Å²) in [5, 5.41) is 30.9. The molecule has 5 rings (SSSR count). The molecule has 0 atom stereocenters. The molecule has 0 saturated heterocycles. The minimum atomic E-state index is -3.44. The fourth-order valence-corrected chi connectivity index (χ4v) is 5.02. The molecular weight excluding hydrogens is 490 g/mol. The minimum Gasteiger partial charge on any atom is -0.506 e. The monoisotopic (exact) mass is 517 g/mol. The molecule has 3 N–H and O–H groups in total. The Morgan fingerprint density at radius 3 is 2.51 bits per heavy atom. The van der Waals surface area contributed by atoms with Crippen molar-refractivity contribution < 1.29 is 18.6 Å². The maximum Gasteiger partial charge on any atom is 0.175 e. The number of benzene rings is 2. The van der Waals surface area contributed by atoms with E-state index in [0.717, 1.165) is 44.8 Å². The number of aryl methyl sites for hydroxylation is 1. The average Bonchev–Trinajstić information content (AvgIpc) is 3.21. The van der Waals surface area contributed by atoms with Crippen LogP contribution in [0.15, 0.2) is 66.0 Å². The second-order valence-corrected chi connectivity index (χ2v) is 11.8. The number of nitrogens with zero attached hydrogens (tertiary/aromatic N) is 4. The van der Waals surface area contributed by atoms with Gasteiger partial charge < -0.3 is 15.5 Å². The normalized spacial score (nSPS) is 12.4. The zero-order valence-corrected chi connectivity index (χ0v) is 21.7. The molecule has 0 aliphatic carbocycles. The fraction of sp³-hybridized carbons (Fsp3) is 0.222. The van der Waals surface area contributed by atoms with E-state index in [-0.39, 0.29) is 10.6 Å². The SMILES string of the molecule is Cc1c(-c2nccc3cnc(Nc4ccc(S(C)(=O)=O)cc4O)cc23)ccc2c1cnn2CC(C)(C)O. The first-order valence-corrected chi connectivity index (χ1v) is 13.5. The zero-order chi connectivity index (χ0) is 26.5. The Morgan fingerprint density at radius 1 is 1.03 bits per heavy atom. The van der Waals surface area contributed by atoms with Gasteiger partial charge in [-0.15, -0.1) is 0 Å². The van der Waals surface area contributed by atoms with Gasteiger partial charge in [0.1, 0.15) is 11.6 Å². The van der Waals surface area contributed by atoms with Crippen LogP contribution in [0.5, 0.6) is 5.75 Å². The van der Waals surface area contributed by atoms with E-state index in [1.807, 2.05) is 37.4 Å². The molecular formula is C27H27N5O4S. The van der Waals surface area contributed by atoms with Gasteiger partial charge in [0.05, 0.1) is 40.1 Å². The standard InChI is InChI=1S/C27H27N5O4S/c1-16-19(6-8-23-21(16)14-30-32(23)15-27(2,3)34)26-20-12-25(29-13-17(20)9-10-28-26)31-22-7-5-18(11-24(22)33)37(4,35)36/h5-14,33-34H,15H2,1-4H3,(H,29,31). The van der Waals surface area contributed by atoms with Crippen molar-refractivity contribution in [3.8, 4) is 17.0 Å². The van der Waals surface area contributed by atoms with Gasteiger partial charge in [-0.05, 0) is 56.7 Å². The number of hydrogen-bond acceptors (Lipinski definition) is 8. The summed E-state index contributed by atoms with van der Waals surface area (Å²) in [7, 11) is -3.44. The van der Waals surface area contributed by atoms with E-state index in [1.165, 1.54) is 18.2 Å². The van der Waals surface area contributed by atoms with Gasteiger partial charge in [-0.3, -0.25) is 9.67 Å². The molecule has 3 aromatic heterocycles. The number of aromatic nitrogens is 4. The Morgan fingerprint density at radius 2 is 1.81 bits per heavy atom. The van der Waals surface area contributed by atoms with Crippen LogP contribution in [0.4, 0.5) is 11.5 Å². The molecule has 190 valence electrons. The quantitative estimate of drug-likeness (QED) is 0.279. The van der Waals surface area contributed by atoms with Crippen molar-refractivity contribution in [2.24, 2.45) is 0 Å². The molecule has 10 heteroatoms. The lowest BCUT2D eigenvalue weighted by molar-refractivity contribution is 0.0591. The van der Waals surface area contributed by atoms with Crippen molar-refractivity contribution in [2.45, 2.75) is 37.8 Å². The average molecular weight is 518 g/mol. The largest absolute Gasteiger partial charge is 0.506 e. The third-order valence-electron chi connectivity index (χ3n) is 6.20. The molecule has 3 heterocycles. The van der Waals surface area contributed by atoms with Gasteiger partial charge >= 0.3 is 0 Å². The van der Waals surface area contributed by atoms with E-state index in [4.69, 9.17) is 0 Å². The molecule has 0 amide bonds. The maximum absolute atomic E-state index is 11.8. The number of fused-ring (bicyclic) bond motifs is 2. The summed E-state index contributed by atoms with van der Waals surface area (Å²) in [6.07, 6.45) is 6.36. The Kier molecular flexibility index (Phi) is 5.88. The van der Waals surface area contributed by atoms with Crippen LogP contribution in [-0.2, 0) is 16.4 Å². The van der Waals surface area contributed by atoms with Gasteiger partial charge in [-0.1, -0.05) is 6.07 Å². The van der Waals surface area contributed by atoms with Crippen molar-refractivity contribution in [1.29, 1.82) is 0 Å². The molecule has 0 bridgehead atoms.